The lowest BCUT2D eigenvalue weighted by Gasteiger charge is -2.28. The van der Waals surface area contributed by atoms with Crippen molar-refractivity contribution in [3.8, 4) is 0 Å². The minimum Gasteiger partial charge on any atom is -0.481 e. The number of aliphatic carboxylic acids is 1. The van der Waals surface area contributed by atoms with Gasteiger partial charge in [-0.1, -0.05) is 50.1 Å². The molecular weight excluding hydrogens is 1030 g/mol. The predicted molar refractivity (Wildman–Crippen MR) is 287 cm³/mol. The van der Waals surface area contributed by atoms with Crippen LogP contribution >= 0.6 is 23.2 Å². The van der Waals surface area contributed by atoms with Crippen LogP contribution in [0.5, 0.6) is 0 Å². The fourth-order valence-electron chi connectivity index (χ4n) is 8.00. The maximum atomic E-state index is 14.8. The van der Waals surface area contributed by atoms with E-state index in [1.807, 2.05) is 36.1 Å². The van der Waals surface area contributed by atoms with Crippen molar-refractivity contribution in [1.82, 2.24) is 46.9 Å². The lowest BCUT2D eigenvalue weighted by molar-refractivity contribution is -0.141. The molecule has 2 aromatic carbocycles. The first kappa shape index (κ1) is 61.1. The molecule has 4 rings (SSSR count). The number of amides is 6. The van der Waals surface area contributed by atoms with Crippen LogP contribution in [0.15, 0.2) is 72.2 Å². The van der Waals surface area contributed by atoms with Gasteiger partial charge in [0, 0.05) is 91.8 Å². The number of hydrogen-bond donors (Lipinski definition) is 12. The summed E-state index contributed by atoms with van der Waals surface area (Å²) in [4.78, 5) is 125. The number of nitrogens with zero attached hydrogens (tertiary/aromatic N) is 3. The number of nitrogens with one attached hydrogen (secondary N) is 8. The molecule has 0 saturated carbocycles. The molecule has 0 aliphatic rings. The number of imidazole rings is 1. The van der Waals surface area contributed by atoms with Crippen molar-refractivity contribution >= 4 is 93.1 Å². The number of methoxy groups -OCH3 is 1. The van der Waals surface area contributed by atoms with Crippen molar-refractivity contribution in [3.05, 3.63) is 84.1 Å². The summed E-state index contributed by atoms with van der Waals surface area (Å²) >= 11 is 12.2. The molecule has 0 bridgehead atoms. The molecule has 0 aliphatic heterocycles. The highest BCUT2D eigenvalue weighted by Gasteiger charge is 2.34. The molecule has 6 amide bonds. The van der Waals surface area contributed by atoms with Crippen molar-refractivity contribution in [1.29, 1.82) is 0 Å². The van der Waals surface area contributed by atoms with Crippen molar-refractivity contribution in [2.24, 2.45) is 22.2 Å². The molecule has 2 heterocycles. The number of carbonyl (C=O) groups excluding carboxylic acids is 7. The van der Waals surface area contributed by atoms with Gasteiger partial charge in [0.25, 0.3) is 0 Å². The third-order valence-electron chi connectivity index (χ3n) is 12.1. The van der Waals surface area contributed by atoms with Crippen molar-refractivity contribution in [2.45, 2.75) is 107 Å². The Balaban J connectivity index is 1.73. The predicted octanol–water partition coefficient (Wildman–Crippen LogP) is 0.352. The first-order valence-electron chi connectivity index (χ1n) is 24.8. The number of nitrogens with two attached hydrogens (primary N) is 3. The van der Waals surface area contributed by atoms with Gasteiger partial charge < -0.3 is 73.8 Å². The van der Waals surface area contributed by atoms with Gasteiger partial charge in [-0.25, -0.2) is 4.98 Å². The van der Waals surface area contributed by atoms with Gasteiger partial charge in [-0.3, -0.25) is 43.3 Å². The molecular formula is C50H70Cl2N14O10. The highest BCUT2D eigenvalue weighted by atomic mass is 35.5. The molecule has 0 aliphatic carbocycles. The number of alkyl halides is 2. The molecule has 6 atom stereocenters. The van der Waals surface area contributed by atoms with Crippen molar-refractivity contribution in [2.75, 3.05) is 49.9 Å². The number of benzene rings is 2. The number of para-hydroxylation sites is 1. The van der Waals surface area contributed by atoms with E-state index < -0.39 is 96.6 Å². The van der Waals surface area contributed by atoms with Crippen LogP contribution in [-0.2, 0) is 62.4 Å². The highest BCUT2D eigenvalue weighted by Crippen LogP contribution is 2.20. The number of unbranched alkanes of at least 4 members (excludes halogenated alkanes) is 1. The number of guanidine groups is 1. The minimum absolute atomic E-state index is 0.0464. The first-order chi connectivity index (χ1) is 36.5. The number of carboxylic acid groups (broad SMARTS) is 1. The van der Waals surface area contributed by atoms with Crippen LogP contribution in [0.4, 0.5) is 5.69 Å². The fraction of sp³-hybridized carbons (Fsp3) is 0.480. The number of H-pyrrole nitrogens is 2. The minimum atomic E-state index is -1.46. The Morgan fingerprint density at radius 1 is 0.737 bits per heavy atom. The maximum Gasteiger partial charge on any atom is 0.325 e. The van der Waals surface area contributed by atoms with Crippen LogP contribution in [0.2, 0.25) is 0 Å². The van der Waals surface area contributed by atoms with Gasteiger partial charge in [0.1, 0.15) is 36.8 Å². The quantitative estimate of drug-likeness (QED) is 0.00988. The normalized spacial score (nSPS) is 13.4. The Hall–Kier alpha value is -7.44. The van der Waals surface area contributed by atoms with E-state index in [0.29, 0.717) is 54.5 Å². The Labute approximate surface area is 450 Å². The summed E-state index contributed by atoms with van der Waals surface area (Å²) in [6.45, 7) is 2.45. The molecule has 76 heavy (non-hydrogen) atoms. The Morgan fingerprint density at radius 2 is 1.33 bits per heavy atom. The summed E-state index contributed by atoms with van der Waals surface area (Å²) < 4.78 is 4.70. The van der Waals surface area contributed by atoms with Gasteiger partial charge in [0.05, 0.1) is 19.5 Å². The number of esters is 1. The Bertz CT molecular complexity index is 2550. The molecule has 414 valence electrons. The van der Waals surface area contributed by atoms with Crippen LogP contribution in [0.25, 0.3) is 10.9 Å². The smallest absolute Gasteiger partial charge is 0.325 e. The van der Waals surface area contributed by atoms with Gasteiger partial charge in [-0.15, -0.1) is 23.2 Å². The van der Waals surface area contributed by atoms with E-state index in [1.165, 1.54) is 12.5 Å². The monoisotopic (exact) mass is 1100 g/mol. The number of aromatic amines is 2. The maximum absolute atomic E-state index is 14.8. The molecule has 4 aromatic rings. The standard InChI is InChI=1S/C50H70Cl2N14O10/c1-3-4-9-35(53)44(70)61-38(16-17-42(67)68)47(73)65-41(25-32-27-56-29-60-32)49(75)63-39(23-30-12-14-33(15-13-30)66(21-18-51)22-19-52)48(74)62-37(11-7-20-57-50(54)55)46(72)64-40(45(71)59-28-43(69)76-2)24-31-26-58-36-10-6-5-8-34(31)36/h5-6,8,10,12-15,26-27,29,35,37-41,58H,3-4,7,9,11,16-25,28,53H2,1-2H3,(H,56,60)(H,59,71)(H,61,70)(H,62,74)(H,63,75)(H,64,72)(H,65,73)(H,67,68)(H4,54,55,57)/t35-,37-,38-,39-,40-,41-/m0/s1. The van der Waals surface area contributed by atoms with E-state index >= 15 is 0 Å². The third-order valence-corrected chi connectivity index (χ3v) is 12.5. The Morgan fingerprint density at radius 3 is 1.92 bits per heavy atom. The molecule has 0 unspecified atom stereocenters. The van der Waals surface area contributed by atoms with Gasteiger partial charge in [-0.05, 0) is 55.0 Å². The number of carbonyl (C=O) groups is 8. The van der Waals surface area contributed by atoms with Crippen LogP contribution < -0.4 is 54.0 Å². The van der Waals surface area contributed by atoms with Crippen molar-refractivity contribution in [3.63, 3.8) is 0 Å². The summed E-state index contributed by atoms with van der Waals surface area (Å²) in [5.74, 6) is -6.40. The molecule has 0 radical (unpaired) electrons. The largest absolute Gasteiger partial charge is 0.481 e. The van der Waals surface area contributed by atoms with Crippen LogP contribution in [0, 0.1) is 0 Å². The lowest BCUT2D eigenvalue weighted by Crippen LogP contribution is -2.60. The Kier molecular flexibility index (Phi) is 25.8. The van der Waals surface area contributed by atoms with Crippen molar-refractivity contribution < 1.29 is 48.2 Å². The molecule has 0 spiro atoms. The van der Waals surface area contributed by atoms with Gasteiger partial charge in [0.15, 0.2) is 5.96 Å². The third kappa shape index (κ3) is 20.4. The van der Waals surface area contributed by atoms with E-state index in [-0.39, 0.29) is 51.0 Å². The lowest BCUT2D eigenvalue weighted by atomic mass is 10.0. The topological polar surface area (TPSA) is 376 Å². The highest BCUT2D eigenvalue weighted by molar-refractivity contribution is 6.18. The van der Waals surface area contributed by atoms with E-state index in [0.717, 1.165) is 30.1 Å². The molecule has 0 fully saturated rings. The fourth-order valence-corrected chi connectivity index (χ4v) is 8.41. The summed E-state index contributed by atoms with van der Waals surface area (Å²) in [5.41, 5.74) is 20.4. The van der Waals surface area contributed by atoms with E-state index in [9.17, 15) is 43.5 Å². The zero-order chi connectivity index (χ0) is 55.6. The first-order valence-corrected chi connectivity index (χ1v) is 25.9. The van der Waals surface area contributed by atoms with Crippen LogP contribution in [-0.4, -0.2) is 155 Å². The van der Waals surface area contributed by atoms with Crippen LogP contribution in [0.3, 0.4) is 0 Å². The second-order valence-electron chi connectivity index (χ2n) is 17.8. The SMILES string of the molecule is CCCC[C@H](N)C(=O)N[C@@H](CCC(=O)O)C(=O)N[C@@H](Cc1cnc[nH]1)C(=O)N[C@@H](Cc1ccc(N(CCCl)CCCl)cc1)C(=O)N[C@@H](CCCN=C(N)N)C(=O)N[C@@H](Cc1c[nH]c2ccccc12)C(=O)NCC(=O)OC. The molecule has 2 aromatic heterocycles. The zero-order valence-corrected chi connectivity index (χ0v) is 44.1. The number of ether oxygens (including phenoxy) is 1. The second-order valence-corrected chi connectivity index (χ2v) is 18.6. The molecule has 15 N–H and O–H groups in total. The number of fused-ring (bicyclic) bond motifs is 1. The van der Waals surface area contributed by atoms with E-state index in [2.05, 4.69) is 51.8 Å². The summed E-state index contributed by atoms with van der Waals surface area (Å²) in [7, 11) is 1.16. The van der Waals surface area contributed by atoms with Gasteiger partial charge in [-0.2, -0.15) is 0 Å². The van der Waals surface area contributed by atoms with E-state index in [4.69, 9.17) is 45.1 Å². The number of hydrogen-bond acceptors (Lipinski definition) is 13. The summed E-state index contributed by atoms with van der Waals surface area (Å²) in [6.07, 6.45) is 4.94. The second kappa shape index (κ2) is 32.1. The van der Waals surface area contributed by atoms with Gasteiger partial charge in [0.2, 0.25) is 35.4 Å². The average Bonchev–Trinajstić information content (AvgIpc) is 4.08. The van der Waals surface area contributed by atoms with Crippen LogP contribution in [0.1, 0.15) is 68.7 Å². The molecule has 0 saturated heterocycles. The zero-order valence-electron chi connectivity index (χ0n) is 42.6. The summed E-state index contributed by atoms with van der Waals surface area (Å²) in [5, 5.41) is 26.2. The average molecular weight is 1100 g/mol. The number of anilines is 1. The number of aliphatic imine (C=N–C) groups is 1. The van der Waals surface area contributed by atoms with Gasteiger partial charge >= 0.3 is 11.9 Å². The molecule has 26 heteroatoms. The van der Waals surface area contributed by atoms with E-state index in [1.54, 1.807) is 30.5 Å². The summed E-state index contributed by atoms with van der Waals surface area (Å²) in [6, 6.07) is 6.37. The molecule has 24 nitrogen and oxygen atoms in total. The number of rotatable bonds is 34. The number of carboxylic acids is 1. The number of halogens is 2. The number of aromatic nitrogens is 3.